The minimum atomic E-state index is -0.913. The molecule has 0 spiro atoms. The molecule has 1 unspecified atom stereocenters. The zero-order valence-corrected chi connectivity index (χ0v) is 11.6. The van der Waals surface area contributed by atoms with Crippen LogP contribution in [0, 0.1) is 5.82 Å². The molecule has 1 aliphatic rings. The van der Waals surface area contributed by atoms with Gasteiger partial charge in [0.1, 0.15) is 5.82 Å². The van der Waals surface area contributed by atoms with Gasteiger partial charge in [0.25, 0.3) is 0 Å². The van der Waals surface area contributed by atoms with E-state index in [-0.39, 0.29) is 11.4 Å². The molecule has 1 heterocycles. The Labute approximate surface area is 113 Å². The topological polar surface area (TPSA) is 40.5 Å². The van der Waals surface area contributed by atoms with Crippen molar-refractivity contribution in [3.63, 3.8) is 0 Å². The summed E-state index contributed by atoms with van der Waals surface area (Å²) in [7, 11) is 2.01. The number of carboxylic acids is 1. The first kappa shape index (κ1) is 14.0. The molecule has 1 saturated heterocycles. The van der Waals surface area contributed by atoms with Gasteiger partial charge in [-0.2, -0.15) is 0 Å². The highest BCUT2D eigenvalue weighted by molar-refractivity contribution is 5.81. The van der Waals surface area contributed by atoms with E-state index < -0.39 is 11.4 Å². The number of aliphatic carboxylic acids is 1. The third-order valence-electron chi connectivity index (χ3n) is 4.45. The summed E-state index contributed by atoms with van der Waals surface area (Å²) in [5.41, 5.74) is -0.406. The molecular formula is C15H20FNO2. The Balaban J connectivity index is 2.45. The minimum absolute atomic E-state index is 0.189. The second kappa shape index (κ2) is 4.60. The number of rotatable bonds is 2. The zero-order valence-electron chi connectivity index (χ0n) is 11.6. The molecule has 3 nitrogen and oxygen atoms in total. The molecule has 1 N–H and O–H groups in total. The van der Waals surface area contributed by atoms with Crippen molar-refractivity contribution in [2.24, 2.45) is 0 Å². The fraction of sp³-hybridized carbons (Fsp3) is 0.533. The Morgan fingerprint density at radius 3 is 2.37 bits per heavy atom. The number of benzene rings is 1. The van der Waals surface area contributed by atoms with Crippen molar-refractivity contribution < 1.29 is 14.3 Å². The van der Waals surface area contributed by atoms with E-state index in [1.165, 1.54) is 12.1 Å². The van der Waals surface area contributed by atoms with Crippen LogP contribution >= 0.6 is 0 Å². The molecule has 0 bridgehead atoms. The van der Waals surface area contributed by atoms with Gasteiger partial charge >= 0.3 is 5.97 Å². The van der Waals surface area contributed by atoms with Gasteiger partial charge in [-0.1, -0.05) is 12.1 Å². The van der Waals surface area contributed by atoms with Gasteiger partial charge in [0.2, 0.25) is 0 Å². The van der Waals surface area contributed by atoms with Crippen LogP contribution < -0.4 is 0 Å². The number of carboxylic acid groups (broad SMARTS) is 1. The molecule has 1 fully saturated rings. The van der Waals surface area contributed by atoms with Crippen molar-refractivity contribution in [3.8, 4) is 0 Å². The first-order chi connectivity index (χ1) is 8.78. The second-order valence-corrected chi connectivity index (χ2v) is 6.05. The molecule has 0 saturated carbocycles. The van der Waals surface area contributed by atoms with Gasteiger partial charge in [0.05, 0.1) is 5.41 Å². The van der Waals surface area contributed by atoms with E-state index in [2.05, 4.69) is 4.90 Å². The monoisotopic (exact) mass is 265 g/mol. The average molecular weight is 265 g/mol. The molecule has 104 valence electrons. The highest BCUT2D eigenvalue weighted by Crippen LogP contribution is 2.42. The molecule has 1 aliphatic heterocycles. The number of piperidine rings is 1. The molecule has 0 aliphatic carbocycles. The van der Waals surface area contributed by atoms with Crippen molar-refractivity contribution >= 4 is 5.97 Å². The lowest BCUT2D eigenvalue weighted by Crippen LogP contribution is -2.56. The van der Waals surface area contributed by atoms with Crippen LogP contribution in [-0.2, 0) is 10.2 Å². The van der Waals surface area contributed by atoms with Gasteiger partial charge in [-0.25, -0.2) is 4.39 Å². The largest absolute Gasteiger partial charge is 0.481 e. The maximum Gasteiger partial charge on any atom is 0.314 e. The quantitative estimate of drug-likeness (QED) is 0.893. The van der Waals surface area contributed by atoms with Crippen molar-refractivity contribution in [2.75, 3.05) is 13.6 Å². The summed E-state index contributed by atoms with van der Waals surface area (Å²) < 4.78 is 13.0. The van der Waals surface area contributed by atoms with Crippen molar-refractivity contribution in [2.45, 2.75) is 37.6 Å². The Hall–Kier alpha value is -1.42. The van der Waals surface area contributed by atoms with E-state index in [4.69, 9.17) is 0 Å². The molecule has 1 aromatic carbocycles. The van der Waals surface area contributed by atoms with Crippen LogP contribution in [0.5, 0.6) is 0 Å². The number of carbonyl (C=O) groups is 1. The Morgan fingerprint density at radius 2 is 1.89 bits per heavy atom. The molecule has 2 rings (SSSR count). The molecule has 0 aromatic heterocycles. The van der Waals surface area contributed by atoms with Crippen LogP contribution in [0.25, 0.3) is 0 Å². The van der Waals surface area contributed by atoms with Gasteiger partial charge in [0.15, 0.2) is 0 Å². The highest BCUT2D eigenvalue weighted by Gasteiger charge is 2.49. The van der Waals surface area contributed by atoms with E-state index in [9.17, 15) is 14.3 Å². The first-order valence-corrected chi connectivity index (χ1v) is 6.49. The third-order valence-corrected chi connectivity index (χ3v) is 4.45. The van der Waals surface area contributed by atoms with E-state index in [0.717, 1.165) is 6.54 Å². The molecular weight excluding hydrogens is 245 g/mol. The number of hydrogen-bond acceptors (Lipinski definition) is 2. The fourth-order valence-corrected chi connectivity index (χ4v) is 2.94. The van der Waals surface area contributed by atoms with E-state index >= 15 is 0 Å². The van der Waals surface area contributed by atoms with Crippen LogP contribution in [0.4, 0.5) is 4.39 Å². The van der Waals surface area contributed by atoms with Gasteiger partial charge in [-0.3, -0.25) is 4.79 Å². The SMILES string of the molecule is CN1CCC(C(=O)O)(c2ccc(F)cc2)CC1(C)C. The fourth-order valence-electron chi connectivity index (χ4n) is 2.94. The number of likely N-dealkylation sites (tertiary alicyclic amines) is 1. The predicted molar refractivity (Wildman–Crippen MR) is 71.7 cm³/mol. The molecule has 1 atom stereocenters. The van der Waals surface area contributed by atoms with Gasteiger partial charge < -0.3 is 10.0 Å². The Bertz CT molecular complexity index is 483. The predicted octanol–water partition coefficient (Wildman–Crippen LogP) is 2.65. The molecule has 1 aromatic rings. The summed E-state index contributed by atoms with van der Waals surface area (Å²) in [6, 6.07) is 5.88. The normalized spacial score (nSPS) is 27.2. The van der Waals surface area contributed by atoms with Gasteiger partial charge in [0, 0.05) is 5.54 Å². The summed E-state index contributed by atoms with van der Waals surface area (Å²) in [6.07, 6.45) is 1.07. The second-order valence-electron chi connectivity index (χ2n) is 6.05. The molecule has 0 amide bonds. The van der Waals surface area contributed by atoms with Crippen molar-refractivity contribution in [1.29, 1.82) is 0 Å². The van der Waals surface area contributed by atoms with E-state index in [1.807, 2.05) is 20.9 Å². The van der Waals surface area contributed by atoms with Crippen molar-refractivity contribution in [3.05, 3.63) is 35.6 Å². The van der Waals surface area contributed by atoms with Crippen LogP contribution in [0.1, 0.15) is 32.3 Å². The molecule has 4 heteroatoms. The lowest BCUT2D eigenvalue weighted by atomic mass is 9.67. The summed E-state index contributed by atoms with van der Waals surface area (Å²) in [6.45, 7) is 4.82. The van der Waals surface area contributed by atoms with Gasteiger partial charge in [-0.15, -0.1) is 0 Å². The van der Waals surface area contributed by atoms with Gasteiger partial charge in [-0.05, 0) is 58.0 Å². The van der Waals surface area contributed by atoms with Crippen LogP contribution in [-0.4, -0.2) is 35.1 Å². The summed E-state index contributed by atoms with van der Waals surface area (Å²) in [5, 5.41) is 9.72. The maximum atomic E-state index is 13.0. The van der Waals surface area contributed by atoms with Crippen LogP contribution in [0.15, 0.2) is 24.3 Å². The van der Waals surface area contributed by atoms with Crippen LogP contribution in [0.2, 0.25) is 0 Å². The maximum absolute atomic E-state index is 13.0. The minimum Gasteiger partial charge on any atom is -0.481 e. The lowest BCUT2D eigenvalue weighted by Gasteiger charge is -2.48. The van der Waals surface area contributed by atoms with Crippen LogP contribution in [0.3, 0.4) is 0 Å². The van der Waals surface area contributed by atoms with E-state index in [1.54, 1.807) is 12.1 Å². The third kappa shape index (κ3) is 2.37. The lowest BCUT2D eigenvalue weighted by molar-refractivity contribution is -0.148. The summed E-state index contributed by atoms with van der Waals surface area (Å²) in [5.74, 6) is -1.16. The number of nitrogens with zero attached hydrogens (tertiary/aromatic N) is 1. The standard InChI is InChI=1S/C15H20FNO2/c1-14(2)10-15(13(18)19,8-9-17(14)3)11-4-6-12(16)7-5-11/h4-7H,8-10H2,1-3H3,(H,18,19). The molecule has 0 radical (unpaired) electrons. The Morgan fingerprint density at radius 1 is 1.32 bits per heavy atom. The highest BCUT2D eigenvalue weighted by atomic mass is 19.1. The zero-order chi connectivity index (χ0) is 14.3. The average Bonchev–Trinajstić information content (AvgIpc) is 2.33. The first-order valence-electron chi connectivity index (χ1n) is 6.49. The van der Waals surface area contributed by atoms with Crippen molar-refractivity contribution in [1.82, 2.24) is 4.90 Å². The summed E-state index contributed by atoms with van der Waals surface area (Å²) in [4.78, 5) is 14.0. The smallest absolute Gasteiger partial charge is 0.314 e. The van der Waals surface area contributed by atoms with E-state index in [0.29, 0.717) is 18.4 Å². The number of halogens is 1. The Kier molecular flexibility index (Phi) is 3.39. The number of hydrogen-bond donors (Lipinski definition) is 1. The molecule has 19 heavy (non-hydrogen) atoms. The summed E-state index contributed by atoms with van der Waals surface area (Å²) >= 11 is 0.